The molecule has 0 aliphatic carbocycles. The van der Waals surface area contributed by atoms with Crippen molar-refractivity contribution in [1.29, 1.82) is 0 Å². The first kappa shape index (κ1) is 16.3. The molecule has 1 saturated heterocycles. The summed E-state index contributed by atoms with van der Waals surface area (Å²) in [7, 11) is -2.87. The topological polar surface area (TPSA) is 88.2 Å². The number of hydrogen-bond donors (Lipinski definition) is 2. The summed E-state index contributed by atoms with van der Waals surface area (Å²) in [6, 6.07) is 0. The Hall–Kier alpha value is -1.06. The van der Waals surface area contributed by atoms with Gasteiger partial charge in [-0.1, -0.05) is 11.3 Å². The maximum atomic E-state index is 11.4. The van der Waals surface area contributed by atoms with E-state index < -0.39 is 9.84 Å². The third-order valence-corrected chi connectivity index (χ3v) is 6.47. The zero-order chi connectivity index (χ0) is 15.6. The van der Waals surface area contributed by atoms with Crippen LogP contribution in [-0.4, -0.2) is 42.3 Å². The molecule has 21 heavy (non-hydrogen) atoms. The summed E-state index contributed by atoms with van der Waals surface area (Å²) in [6.07, 6.45) is 0.669. The van der Waals surface area contributed by atoms with Crippen LogP contribution in [0.25, 0.3) is 0 Å². The largest absolute Gasteiger partial charge is 0.362 e. The second-order valence-electron chi connectivity index (χ2n) is 5.09. The van der Waals surface area contributed by atoms with Gasteiger partial charge in [-0.3, -0.25) is 4.79 Å². The molecular weight excluding hydrogens is 330 g/mol. The number of ketones is 1. The van der Waals surface area contributed by atoms with Crippen molar-refractivity contribution < 1.29 is 13.2 Å². The molecule has 0 radical (unpaired) electrons. The summed E-state index contributed by atoms with van der Waals surface area (Å²) in [6.45, 7) is 3.80. The maximum Gasteiger partial charge on any atom is 0.189 e. The van der Waals surface area contributed by atoms with E-state index in [1.165, 1.54) is 18.3 Å². The van der Waals surface area contributed by atoms with Gasteiger partial charge in [-0.15, -0.1) is 0 Å². The summed E-state index contributed by atoms with van der Waals surface area (Å²) in [5.41, 5.74) is 0.680. The Labute approximate surface area is 133 Å². The molecule has 0 aromatic carbocycles. The van der Waals surface area contributed by atoms with Crippen molar-refractivity contribution in [3.63, 3.8) is 0 Å². The molecule has 1 aliphatic heterocycles. The third kappa shape index (κ3) is 4.45. The van der Waals surface area contributed by atoms with Gasteiger partial charge in [0.05, 0.1) is 22.1 Å². The Kier molecular flexibility index (Phi) is 4.95. The number of carbonyl (C=O) groups excluding carboxylic acids is 1. The number of nitrogens with one attached hydrogen (secondary N) is 2. The lowest BCUT2D eigenvalue weighted by atomic mass is 10.1. The van der Waals surface area contributed by atoms with Gasteiger partial charge in [0.2, 0.25) is 0 Å². The minimum atomic E-state index is -2.87. The predicted octanol–water partition coefficient (Wildman–Crippen LogP) is 1.38. The van der Waals surface area contributed by atoms with Crippen LogP contribution in [0.2, 0.25) is 0 Å². The fraction of sp³-hybridized carbons (Fsp3) is 0.583. The number of carbonyl (C=O) groups is 1. The fourth-order valence-corrected chi connectivity index (χ4v) is 5.16. The molecular formula is C12H17N3O3S3. The second-order valence-corrected chi connectivity index (χ2v) is 8.73. The average Bonchev–Trinajstić information content (AvgIpc) is 2.89. The van der Waals surface area contributed by atoms with Crippen LogP contribution in [0.5, 0.6) is 0 Å². The van der Waals surface area contributed by atoms with Crippen LogP contribution < -0.4 is 10.6 Å². The molecule has 116 valence electrons. The van der Waals surface area contributed by atoms with Crippen molar-refractivity contribution in [2.24, 2.45) is 5.92 Å². The molecule has 0 saturated carbocycles. The molecule has 2 N–H and O–H groups in total. The molecule has 0 amide bonds. The lowest BCUT2D eigenvalue weighted by molar-refractivity contribution is 0.102. The molecule has 1 aromatic rings. The van der Waals surface area contributed by atoms with E-state index in [1.54, 1.807) is 6.92 Å². The summed E-state index contributed by atoms with van der Waals surface area (Å²) in [4.78, 5) is 16.2. The molecule has 2 heterocycles. The predicted molar refractivity (Wildman–Crippen MR) is 87.8 cm³/mol. The van der Waals surface area contributed by atoms with Gasteiger partial charge >= 0.3 is 0 Å². The van der Waals surface area contributed by atoms with Gasteiger partial charge in [0.25, 0.3) is 0 Å². The standard InChI is InChI=1S/C12H17N3O3S3/c1-7-10(8(2)16)20-12(14-7)15-11(19)13-5-9-3-4-21(17,18)6-9/h9H,3-6H2,1-2H3,(H2,13,14,15,19)/t9-/m1/s1. The molecule has 0 spiro atoms. The quantitative estimate of drug-likeness (QED) is 0.628. The van der Waals surface area contributed by atoms with Crippen LogP contribution in [0.15, 0.2) is 0 Å². The molecule has 2 rings (SSSR count). The molecule has 1 aliphatic rings. The lowest BCUT2D eigenvalue weighted by Gasteiger charge is -2.11. The van der Waals surface area contributed by atoms with Crippen LogP contribution >= 0.6 is 23.6 Å². The van der Waals surface area contributed by atoms with Crippen molar-refractivity contribution in [1.82, 2.24) is 10.3 Å². The number of hydrogen-bond acceptors (Lipinski definition) is 6. The number of sulfone groups is 1. The smallest absolute Gasteiger partial charge is 0.189 e. The number of Topliss-reactive ketones (excluding diaryl/α,β-unsaturated/α-hetero) is 1. The van der Waals surface area contributed by atoms with Crippen LogP contribution in [0.3, 0.4) is 0 Å². The fourth-order valence-electron chi connectivity index (χ4n) is 2.19. The van der Waals surface area contributed by atoms with Gasteiger partial charge in [0.1, 0.15) is 0 Å². The Morgan fingerprint density at radius 2 is 2.24 bits per heavy atom. The van der Waals surface area contributed by atoms with Crippen molar-refractivity contribution in [3.8, 4) is 0 Å². The Bertz CT molecular complexity index is 667. The van der Waals surface area contributed by atoms with Gasteiger partial charge in [-0.2, -0.15) is 0 Å². The van der Waals surface area contributed by atoms with E-state index in [0.29, 0.717) is 33.8 Å². The third-order valence-electron chi connectivity index (χ3n) is 3.21. The zero-order valence-corrected chi connectivity index (χ0v) is 14.3. The highest BCUT2D eigenvalue weighted by molar-refractivity contribution is 7.91. The zero-order valence-electron chi connectivity index (χ0n) is 11.8. The number of thiocarbonyl (C=S) groups is 1. The maximum absolute atomic E-state index is 11.4. The van der Waals surface area contributed by atoms with Crippen molar-refractivity contribution >= 4 is 49.4 Å². The van der Waals surface area contributed by atoms with Crippen LogP contribution in [0, 0.1) is 12.8 Å². The number of thiazole rings is 1. The van der Waals surface area contributed by atoms with Crippen LogP contribution in [0.4, 0.5) is 5.13 Å². The number of nitrogens with zero attached hydrogens (tertiary/aromatic N) is 1. The highest BCUT2D eigenvalue weighted by Gasteiger charge is 2.27. The Balaban J connectivity index is 1.85. The van der Waals surface area contributed by atoms with E-state index in [4.69, 9.17) is 12.2 Å². The van der Waals surface area contributed by atoms with E-state index in [0.717, 1.165) is 0 Å². The highest BCUT2D eigenvalue weighted by Crippen LogP contribution is 2.23. The minimum Gasteiger partial charge on any atom is -0.362 e. The summed E-state index contributed by atoms with van der Waals surface area (Å²) >= 11 is 6.41. The molecule has 0 unspecified atom stereocenters. The number of anilines is 1. The van der Waals surface area contributed by atoms with Gasteiger partial charge in [-0.05, 0) is 31.5 Å². The van der Waals surface area contributed by atoms with E-state index >= 15 is 0 Å². The molecule has 1 atom stereocenters. The average molecular weight is 347 g/mol. The Morgan fingerprint density at radius 1 is 1.52 bits per heavy atom. The number of aromatic nitrogens is 1. The molecule has 0 bridgehead atoms. The summed E-state index contributed by atoms with van der Waals surface area (Å²) in [5, 5.41) is 6.89. The van der Waals surface area contributed by atoms with E-state index in [2.05, 4.69) is 15.6 Å². The normalized spacial score (nSPS) is 20.2. The molecule has 6 nitrogen and oxygen atoms in total. The minimum absolute atomic E-state index is 0.0203. The molecule has 9 heteroatoms. The Morgan fingerprint density at radius 3 is 2.76 bits per heavy atom. The second kappa shape index (κ2) is 6.37. The van der Waals surface area contributed by atoms with Gasteiger partial charge in [0.15, 0.2) is 25.9 Å². The summed E-state index contributed by atoms with van der Waals surface area (Å²) in [5.74, 6) is 0.550. The molecule has 1 fully saturated rings. The van der Waals surface area contributed by atoms with Crippen molar-refractivity contribution in [3.05, 3.63) is 10.6 Å². The van der Waals surface area contributed by atoms with Gasteiger partial charge in [-0.25, -0.2) is 13.4 Å². The first-order valence-electron chi connectivity index (χ1n) is 6.50. The monoisotopic (exact) mass is 347 g/mol. The van der Waals surface area contributed by atoms with Crippen molar-refractivity contribution in [2.45, 2.75) is 20.3 Å². The van der Waals surface area contributed by atoms with E-state index in [9.17, 15) is 13.2 Å². The summed E-state index contributed by atoms with van der Waals surface area (Å²) < 4.78 is 22.7. The lowest BCUT2D eigenvalue weighted by Crippen LogP contribution is -2.33. The first-order chi connectivity index (χ1) is 9.77. The van der Waals surface area contributed by atoms with Crippen LogP contribution in [0.1, 0.15) is 28.7 Å². The van der Waals surface area contributed by atoms with E-state index in [1.807, 2.05) is 0 Å². The number of rotatable bonds is 4. The first-order valence-corrected chi connectivity index (χ1v) is 9.55. The number of aryl methyl sites for hydroxylation is 1. The van der Waals surface area contributed by atoms with Gasteiger partial charge < -0.3 is 10.6 Å². The highest BCUT2D eigenvalue weighted by atomic mass is 32.2. The van der Waals surface area contributed by atoms with Crippen LogP contribution in [-0.2, 0) is 9.84 Å². The SMILES string of the molecule is CC(=O)c1sc(NC(=S)NC[C@H]2CCS(=O)(=O)C2)nc1C. The molecule has 1 aromatic heterocycles. The van der Waals surface area contributed by atoms with Crippen molar-refractivity contribution in [2.75, 3.05) is 23.4 Å². The van der Waals surface area contributed by atoms with E-state index in [-0.39, 0.29) is 23.2 Å². The van der Waals surface area contributed by atoms with Gasteiger partial charge in [0, 0.05) is 13.5 Å².